The highest BCUT2D eigenvalue weighted by Crippen LogP contribution is 2.71. The molecule has 4 heteroatoms. The van der Waals surface area contributed by atoms with Gasteiger partial charge in [-0.1, -0.05) is 57.1 Å². The number of hydrogen-bond donors (Lipinski definition) is 2. The molecule has 0 aromatic heterocycles. The molecule has 2 N–H and O–H groups in total. The second-order valence-electron chi connectivity index (χ2n) is 12.3. The van der Waals surface area contributed by atoms with Gasteiger partial charge in [-0.2, -0.15) is 0 Å². The van der Waals surface area contributed by atoms with Crippen LogP contribution < -0.4 is 0 Å². The molecule has 3 aliphatic carbocycles. The standard InChI is InChI=1S/C30H46O4/c1-19(2)22-11-12-25-24(28(22,5)16-15-26(31)32)14-18-29(6)23(13-17-30(25,29)7)20(3)9-8-10-21(4)27(33)34/h10,20,22-23H,1,8-9,11-18H2,2-7H3,(H,31,32)(H,33,34)/b21-10-/t20-,22+,23-,28+,29-,30+/m1/s1. The first kappa shape index (κ1) is 26.8. The quantitative estimate of drug-likeness (QED) is 0.266. The molecule has 0 amide bonds. The van der Waals surface area contributed by atoms with Gasteiger partial charge in [-0.3, -0.25) is 4.79 Å². The van der Waals surface area contributed by atoms with E-state index in [-0.39, 0.29) is 22.7 Å². The number of carboxylic acid groups (broad SMARTS) is 2. The largest absolute Gasteiger partial charge is 0.481 e. The molecule has 1 saturated carbocycles. The Morgan fingerprint density at radius 2 is 1.76 bits per heavy atom. The molecule has 34 heavy (non-hydrogen) atoms. The normalized spacial score (nSPS) is 36.6. The molecule has 3 rings (SSSR count). The van der Waals surface area contributed by atoms with Crippen molar-refractivity contribution in [2.75, 3.05) is 0 Å². The van der Waals surface area contributed by atoms with Gasteiger partial charge in [-0.15, -0.1) is 0 Å². The summed E-state index contributed by atoms with van der Waals surface area (Å²) in [6.45, 7) is 17.8. The molecule has 0 spiro atoms. The van der Waals surface area contributed by atoms with Gasteiger partial charge in [0.05, 0.1) is 0 Å². The lowest BCUT2D eigenvalue weighted by atomic mass is 9.47. The lowest BCUT2D eigenvalue weighted by Gasteiger charge is -2.57. The van der Waals surface area contributed by atoms with Gasteiger partial charge in [0.15, 0.2) is 0 Å². The van der Waals surface area contributed by atoms with Crippen LogP contribution in [-0.2, 0) is 9.59 Å². The molecule has 0 aromatic rings. The third-order valence-electron chi connectivity index (χ3n) is 10.7. The van der Waals surface area contributed by atoms with Gasteiger partial charge in [0.2, 0.25) is 0 Å². The van der Waals surface area contributed by atoms with E-state index in [1.165, 1.54) is 18.4 Å². The maximum atomic E-state index is 11.5. The van der Waals surface area contributed by atoms with Crippen molar-refractivity contribution in [1.82, 2.24) is 0 Å². The van der Waals surface area contributed by atoms with Gasteiger partial charge in [-0.25, -0.2) is 4.79 Å². The van der Waals surface area contributed by atoms with Crippen molar-refractivity contribution in [2.45, 2.75) is 106 Å². The highest BCUT2D eigenvalue weighted by molar-refractivity contribution is 5.85. The van der Waals surface area contributed by atoms with Crippen molar-refractivity contribution in [3.63, 3.8) is 0 Å². The van der Waals surface area contributed by atoms with Gasteiger partial charge in [0.1, 0.15) is 0 Å². The van der Waals surface area contributed by atoms with Gasteiger partial charge in [0.25, 0.3) is 0 Å². The number of hydrogen-bond acceptors (Lipinski definition) is 2. The third-order valence-corrected chi connectivity index (χ3v) is 10.7. The zero-order chi connectivity index (χ0) is 25.5. The molecule has 1 fully saturated rings. The van der Waals surface area contributed by atoms with E-state index in [1.807, 2.05) is 6.08 Å². The Morgan fingerprint density at radius 3 is 2.35 bits per heavy atom. The minimum atomic E-state index is -0.823. The van der Waals surface area contributed by atoms with Crippen LogP contribution in [0.3, 0.4) is 0 Å². The summed E-state index contributed by atoms with van der Waals surface area (Å²) in [4.78, 5) is 22.7. The fraction of sp³-hybridized carbons (Fsp3) is 0.733. The Kier molecular flexibility index (Phi) is 7.60. The van der Waals surface area contributed by atoms with Crippen molar-refractivity contribution >= 4 is 11.9 Å². The van der Waals surface area contributed by atoms with Crippen LogP contribution in [0, 0.1) is 34.0 Å². The second kappa shape index (κ2) is 9.66. The fourth-order valence-electron chi connectivity index (χ4n) is 8.40. The summed E-state index contributed by atoms with van der Waals surface area (Å²) in [7, 11) is 0. The highest BCUT2D eigenvalue weighted by Gasteiger charge is 2.61. The predicted octanol–water partition coefficient (Wildman–Crippen LogP) is 7.80. The fourth-order valence-corrected chi connectivity index (χ4v) is 8.40. The van der Waals surface area contributed by atoms with Crippen LogP contribution in [0.25, 0.3) is 0 Å². The van der Waals surface area contributed by atoms with Crippen LogP contribution in [0.1, 0.15) is 106 Å². The van der Waals surface area contributed by atoms with Crippen molar-refractivity contribution in [3.05, 3.63) is 34.9 Å². The predicted molar refractivity (Wildman–Crippen MR) is 138 cm³/mol. The molecule has 0 unspecified atom stereocenters. The van der Waals surface area contributed by atoms with Crippen LogP contribution in [0.4, 0.5) is 0 Å². The zero-order valence-corrected chi connectivity index (χ0v) is 22.3. The van der Waals surface area contributed by atoms with Crippen molar-refractivity contribution in [1.29, 1.82) is 0 Å². The third kappa shape index (κ3) is 4.42. The smallest absolute Gasteiger partial charge is 0.330 e. The van der Waals surface area contributed by atoms with E-state index >= 15 is 0 Å². The number of rotatable bonds is 9. The molecule has 3 aliphatic rings. The van der Waals surface area contributed by atoms with Gasteiger partial charge < -0.3 is 10.2 Å². The average molecular weight is 471 g/mol. The number of allylic oxidation sites excluding steroid dienone is 4. The Bertz CT molecular complexity index is 911. The van der Waals surface area contributed by atoms with E-state index in [2.05, 4.69) is 41.2 Å². The van der Waals surface area contributed by atoms with Crippen LogP contribution in [0.5, 0.6) is 0 Å². The van der Waals surface area contributed by atoms with E-state index in [0.29, 0.717) is 29.7 Å². The molecule has 190 valence electrons. The lowest BCUT2D eigenvalue weighted by Crippen LogP contribution is -2.48. The zero-order valence-electron chi connectivity index (χ0n) is 22.3. The van der Waals surface area contributed by atoms with Crippen LogP contribution >= 0.6 is 0 Å². The summed E-state index contributed by atoms with van der Waals surface area (Å²) in [6.07, 6.45) is 11.5. The second-order valence-corrected chi connectivity index (χ2v) is 12.3. The lowest BCUT2D eigenvalue weighted by molar-refractivity contribution is -0.137. The summed E-state index contributed by atoms with van der Waals surface area (Å²) in [6, 6.07) is 0. The Labute approximate surface area is 206 Å². The first-order chi connectivity index (χ1) is 15.8. The molecule has 0 bridgehead atoms. The van der Waals surface area contributed by atoms with E-state index in [1.54, 1.807) is 18.1 Å². The first-order valence-corrected chi connectivity index (χ1v) is 13.3. The molecule has 0 radical (unpaired) electrons. The SMILES string of the molecule is C=C(C)[C@@H]1CCC2=C(CC[C@]3(C)[C@@H]([C@H](C)CC/C=C(/C)C(=O)O)CC[C@@]23C)[C@@]1(C)CCC(=O)O. The van der Waals surface area contributed by atoms with Crippen LogP contribution in [-0.4, -0.2) is 22.2 Å². The van der Waals surface area contributed by atoms with E-state index in [9.17, 15) is 14.7 Å². The summed E-state index contributed by atoms with van der Waals surface area (Å²) in [5, 5.41) is 18.6. The Morgan fingerprint density at radius 1 is 1.09 bits per heavy atom. The Hall–Kier alpha value is -1.84. The number of fused-ring (bicyclic) bond motifs is 2. The molecular weight excluding hydrogens is 424 g/mol. The maximum Gasteiger partial charge on any atom is 0.330 e. The summed E-state index contributed by atoms with van der Waals surface area (Å²) < 4.78 is 0. The number of carbonyl (C=O) groups is 2. The summed E-state index contributed by atoms with van der Waals surface area (Å²) >= 11 is 0. The van der Waals surface area contributed by atoms with Crippen molar-refractivity contribution in [3.8, 4) is 0 Å². The van der Waals surface area contributed by atoms with Crippen molar-refractivity contribution < 1.29 is 19.8 Å². The molecular formula is C30H46O4. The number of aliphatic carboxylic acids is 2. The Balaban J connectivity index is 1.91. The molecule has 4 nitrogen and oxygen atoms in total. The average Bonchev–Trinajstić information content (AvgIpc) is 3.03. The first-order valence-electron chi connectivity index (χ1n) is 13.3. The van der Waals surface area contributed by atoms with E-state index in [4.69, 9.17) is 5.11 Å². The molecule has 6 atom stereocenters. The molecule has 0 heterocycles. The van der Waals surface area contributed by atoms with Crippen LogP contribution in [0.2, 0.25) is 0 Å². The van der Waals surface area contributed by atoms with Gasteiger partial charge in [0, 0.05) is 12.0 Å². The minimum Gasteiger partial charge on any atom is -0.481 e. The molecule has 0 saturated heterocycles. The number of carboxylic acids is 2. The monoisotopic (exact) mass is 470 g/mol. The summed E-state index contributed by atoms with van der Waals surface area (Å²) in [5.74, 6) is 0.0180. The molecule has 0 aliphatic heterocycles. The van der Waals surface area contributed by atoms with Gasteiger partial charge in [-0.05, 0) is 106 Å². The van der Waals surface area contributed by atoms with Crippen LogP contribution in [0.15, 0.2) is 34.9 Å². The van der Waals surface area contributed by atoms with Crippen molar-refractivity contribution in [2.24, 2.45) is 34.0 Å². The maximum absolute atomic E-state index is 11.5. The van der Waals surface area contributed by atoms with E-state index < -0.39 is 11.9 Å². The van der Waals surface area contributed by atoms with E-state index in [0.717, 1.165) is 38.5 Å². The van der Waals surface area contributed by atoms with Gasteiger partial charge >= 0.3 is 11.9 Å². The minimum absolute atomic E-state index is 0.106. The topological polar surface area (TPSA) is 74.6 Å². The summed E-state index contributed by atoms with van der Waals surface area (Å²) in [5.41, 5.74) is 5.13. The molecule has 0 aromatic carbocycles. The highest BCUT2D eigenvalue weighted by atomic mass is 16.4.